The fourth-order valence-corrected chi connectivity index (χ4v) is 3.77. The van der Waals surface area contributed by atoms with Gasteiger partial charge in [-0.15, -0.1) is 0 Å². The van der Waals surface area contributed by atoms with Crippen LogP contribution in [0.15, 0.2) is 18.2 Å². The van der Waals surface area contributed by atoms with Gasteiger partial charge in [0, 0.05) is 31.7 Å². The molecule has 0 aromatic heterocycles. The van der Waals surface area contributed by atoms with Gasteiger partial charge >= 0.3 is 0 Å². The number of carbonyl (C=O) groups is 1. The van der Waals surface area contributed by atoms with Crippen LogP contribution in [0.3, 0.4) is 0 Å². The summed E-state index contributed by atoms with van der Waals surface area (Å²) >= 11 is 0. The van der Waals surface area contributed by atoms with Gasteiger partial charge in [-0.05, 0) is 25.0 Å². The van der Waals surface area contributed by atoms with E-state index in [1.165, 1.54) is 18.5 Å². The van der Waals surface area contributed by atoms with Crippen LogP contribution < -0.4 is 19.1 Å². The highest BCUT2D eigenvalue weighted by atomic mass is 32.2. The summed E-state index contributed by atoms with van der Waals surface area (Å²) in [6, 6.07) is 4.91. The monoisotopic (exact) mass is 386 g/mol. The van der Waals surface area contributed by atoms with Crippen molar-refractivity contribution in [3.8, 4) is 11.5 Å². The fourth-order valence-electron chi connectivity index (χ4n) is 2.84. The lowest BCUT2D eigenvalue weighted by Gasteiger charge is -2.26. The minimum Gasteiger partial charge on any atom is -0.497 e. The Morgan fingerprint density at radius 3 is 2.54 bits per heavy atom. The normalized spacial score (nSPS) is 15.3. The SMILES string of the molecule is COc1ccc(N(CCNC(=O)C2CCOCC2)S(C)(=O)=O)c(OC)c1. The van der Waals surface area contributed by atoms with Crippen LogP contribution in [0.25, 0.3) is 0 Å². The molecule has 0 saturated carbocycles. The molecule has 26 heavy (non-hydrogen) atoms. The third-order valence-electron chi connectivity index (χ3n) is 4.26. The van der Waals surface area contributed by atoms with Crippen molar-refractivity contribution in [1.82, 2.24) is 5.32 Å². The van der Waals surface area contributed by atoms with Crippen LogP contribution in [0.4, 0.5) is 5.69 Å². The van der Waals surface area contributed by atoms with Crippen molar-refractivity contribution in [2.24, 2.45) is 5.92 Å². The summed E-state index contributed by atoms with van der Waals surface area (Å²) < 4.78 is 41.4. The quantitative estimate of drug-likeness (QED) is 0.717. The predicted octanol–water partition coefficient (Wildman–Crippen LogP) is 1.01. The van der Waals surface area contributed by atoms with Crippen molar-refractivity contribution in [3.63, 3.8) is 0 Å². The van der Waals surface area contributed by atoms with Gasteiger partial charge in [0.15, 0.2) is 0 Å². The van der Waals surface area contributed by atoms with Crippen LogP contribution in [0.1, 0.15) is 12.8 Å². The third-order valence-corrected chi connectivity index (χ3v) is 5.44. The van der Waals surface area contributed by atoms with Gasteiger partial charge in [-0.2, -0.15) is 0 Å². The molecule has 1 aliphatic rings. The summed E-state index contributed by atoms with van der Waals surface area (Å²) in [5.74, 6) is 0.798. The van der Waals surface area contributed by atoms with Crippen molar-refractivity contribution in [3.05, 3.63) is 18.2 Å². The van der Waals surface area contributed by atoms with Crippen molar-refractivity contribution >= 4 is 21.6 Å². The van der Waals surface area contributed by atoms with E-state index in [2.05, 4.69) is 5.32 Å². The molecule has 1 saturated heterocycles. The minimum absolute atomic E-state index is 0.0663. The smallest absolute Gasteiger partial charge is 0.232 e. The molecule has 1 fully saturated rings. The van der Waals surface area contributed by atoms with Gasteiger partial charge in [-0.25, -0.2) is 8.42 Å². The van der Waals surface area contributed by atoms with Gasteiger partial charge in [-0.1, -0.05) is 0 Å². The first-order chi connectivity index (χ1) is 12.4. The highest BCUT2D eigenvalue weighted by Gasteiger charge is 2.24. The molecule has 0 spiro atoms. The number of methoxy groups -OCH3 is 2. The molecule has 2 rings (SSSR count). The Morgan fingerprint density at radius 1 is 1.27 bits per heavy atom. The zero-order chi connectivity index (χ0) is 19.2. The summed E-state index contributed by atoms with van der Waals surface area (Å²) in [7, 11) is -0.565. The first-order valence-electron chi connectivity index (χ1n) is 8.42. The molecule has 1 aromatic rings. The zero-order valence-corrected chi connectivity index (χ0v) is 16.2. The highest BCUT2D eigenvalue weighted by molar-refractivity contribution is 7.92. The molecular weight excluding hydrogens is 360 g/mol. The molecule has 9 heteroatoms. The maximum absolute atomic E-state index is 12.2. The van der Waals surface area contributed by atoms with Gasteiger partial charge in [0.25, 0.3) is 0 Å². The summed E-state index contributed by atoms with van der Waals surface area (Å²) in [6.45, 7) is 1.47. The maximum atomic E-state index is 12.2. The Kier molecular flexibility index (Phi) is 7.10. The second-order valence-corrected chi connectivity index (χ2v) is 7.96. The number of nitrogens with zero attached hydrogens (tertiary/aromatic N) is 1. The number of hydrogen-bond donors (Lipinski definition) is 1. The third kappa shape index (κ3) is 5.25. The van der Waals surface area contributed by atoms with Gasteiger partial charge in [0.05, 0.1) is 32.7 Å². The summed E-state index contributed by atoms with van der Waals surface area (Å²) in [6.07, 6.45) is 2.50. The molecule has 1 N–H and O–H groups in total. The number of rotatable bonds is 8. The molecule has 8 nitrogen and oxygen atoms in total. The van der Waals surface area contributed by atoms with Crippen LogP contribution in [0.2, 0.25) is 0 Å². The number of anilines is 1. The number of benzene rings is 1. The molecule has 0 aliphatic carbocycles. The minimum atomic E-state index is -3.55. The summed E-state index contributed by atoms with van der Waals surface area (Å²) in [5, 5.41) is 2.82. The number of sulfonamides is 1. The van der Waals surface area contributed by atoms with E-state index in [4.69, 9.17) is 14.2 Å². The lowest BCUT2D eigenvalue weighted by molar-refractivity contribution is -0.127. The fraction of sp³-hybridized carbons (Fsp3) is 0.588. The number of hydrogen-bond acceptors (Lipinski definition) is 6. The predicted molar refractivity (Wildman–Crippen MR) is 98.3 cm³/mol. The average molecular weight is 386 g/mol. The molecular formula is C17H26N2O6S. The number of ether oxygens (including phenoxy) is 3. The van der Waals surface area contributed by atoms with Gasteiger partial charge in [0.2, 0.25) is 15.9 Å². The van der Waals surface area contributed by atoms with E-state index in [9.17, 15) is 13.2 Å². The Morgan fingerprint density at radius 2 is 1.96 bits per heavy atom. The first-order valence-corrected chi connectivity index (χ1v) is 10.3. The van der Waals surface area contributed by atoms with Crippen LogP contribution in [-0.2, 0) is 19.6 Å². The standard InChI is InChI=1S/C17H26N2O6S/c1-23-14-4-5-15(16(12-14)24-2)19(26(3,21)22)9-8-18-17(20)13-6-10-25-11-7-13/h4-5,12-13H,6-11H2,1-3H3,(H,18,20). The molecule has 0 radical (unpaired) electrons. The zero-order valence-electron chi connectivity index (χ0n) is 15.4. The highest BCUT2D eigenvalue weighted by Crippen LogP contribution is 2.33. The van der Waals surface area contributed by atoms with E-state index in [0.29, 0.717) is 43.2 Å². The van der Waals surface area contributed by atoms with Crippen LogP contribution in [-0.4, -0.2) is 61.1 Å². The lowest BCUT2D eigenvalue weighted by atomic mass is 9.99. The Hall–Kier alpha value is -2.00. The van der Waals surface area contributed by atoms with E-state index in [-0.39, 0.29) is 24.9 Å². The van der Waals surface area contributed by atoms with Crippen LogP contribution >= 0.6 is 0 Å². The Bertz CT molecular complexity index is 716. The Balaban J connectivity index is 2.08. The molecule has 0 atom stereocenters. The molecule has 1 amide bonds. The molecule has 146 valence electrons. The van der Waals surface area contributed by atoms with Crippen molar-refractivity contribution in [2.45, 2.75) is 12.8 Å². The van der Waals surface area contributed by atoms with Gasteiger partial charge in [0.1, 0.15) is 11.5 Å². The molecule has 0 bridgehead atoms. The van der Waals surface area contributed by atoms with Gasteiger partial charge < -0.3 is 19.5 Å². The number of nitrogens with one attached hydrogen (secondary N) is 1. The van der Waals surface area contributed by atoms with Crippen LogP contribution in [0, 0.1) is 5.92 Å². The largest absolute Gasteiger partial charge is 0.497 e. The van der Waals surface area contributed by atoms with Crippen molar-refractivity contribution in [2.75, 3.05) is 51.1 Å². The average Bonchev–Trinajstić information content (AvgIpc) is 2.64. The molecule has 1 aliphatic heterocycles. The second-order valence-electron chi connectivity index (χ2n) is 6.05. The van der Waals surface area contributed by atoms with Crippen molar-refractivity contribution in [1.29, 1.82) is 0 Å². The number of carbonyl (C=O) groups excluding carboxylic acids is 1. The summed E-state index contributed by atoms with van der Waals surface area (Å²) in [4.78, 5) is 12.2. The van der Waals surface area contributed by atoms with Crippen LogP contribution in [0.5, 0.6) is 11.5 Å². The topological polar surface area (TPSA) is 94.2 Å². The summed E-state index contributed by atoms with van der Waals surface area (Å²) in [5.41, 5.74) is 0.399. The lowest BCUT2D eigenvalue weighted by Crippen LogP contribution is -2.41. The number of amides is 1. The molecule has 1 aromatic carbocycles. The van der Waals surface area contributed by atoms with Gasteiger partial charge in [-0.3, -0.25) is 9.10 Å². The van der Waals surface area contributed by atoms with E-state index < -0.39 is 10.0 Å². The second kappa shape index (κ2) is 9.09. The Labute approximate surface area is 154 Å². The maximum Gasteiger partial charge on any atom is 0.232 e. The van der Waals surface area contributed by atoms with E-state index in [1.54, 1.807) is 18.2 Å². The van der Waals surface area contributed by atoms with E-state index >= 15 is 0 Å². The van der Waals surface area contributed by atoms with E-state index in [0.717, 1.165) is 6.26 Å². The first kappa shape index (κ1) is 20.3. The van der Waals surface area contributed by atoms with Crippen molar-refractivity contribution < 1.29 is 27.4 Å². The van der Waals surface area contributed by atoms with E-state index in [1.807, 2.05) is 0 Å². The molecule has 0 unspecified atom stereocenters. The molecule has 1 heterocycles.